The van der Waals surface area contributed by atoms with E-state index in [2.05, 4.69) is 5.32 Å². The Labute approximate surface area is 199 Å². The lowest BCUT2D eigenvalue weighted by molar-refractivity contribution is -0.140. The highest BCUT2D eigenvalue weighted by Crippen LogP contribution is 2.46. The molecule has 1 aliphatic heterocycles. The molecule has 0 radical (unpaired) electrons. The number of ketones is 1. The van der Waals surface area contributed by atoms with E-state index in [0.29, 0.717) is 35.2 Å². The molecule has 2 aromatic rings. The molecular formula is C27H29NO6. The molecule has 2 aromatic carbocycles. The van der Waals surface area contributed by atoms with Crippen LogP contribution in [-0.4, -0.2) is 44.3 Å². The highest BCUT2D eigenvalue weighted by molar-refractivity contribution is 6.04. The van der Waals surface area contributed by atoms with Crippen LogP contribution in [0.1, 0.15) is 42.7 Å². The summed E-state index contributed by atoms with van der Waals surface area (Å²) in [5.74, 6) is -0.854. The van der Waals surface area contributed by atoms with Crippen LogP contribution < -0.4 is 10.1 Å². The van der Waals surface area contributed by atoms with Gasteiger partial charge in [0.1, 0.15) is 6.61 Å². The van der Waals surface area contributed by atoms with Crippen LogP contribution in [0.15, 0.2) is 71.1 Å². The molecule has 7 nitrogen and oxygen atoms in total. The minimum absolute atomic E-state index is 0.0153. The highest BCUT2D eigenvalue weighted by atomic mass is 16.6. The summed E-state index contributed by atoms with van der Waals surface area (Å²) in [6.07, 6.45) is 1.00. The standard InChI is InChI=1S/C27H29NO6/c1-16-24(27(31)34-12-11-32-2)25(18-9-10-21(29)23(15-18)33-3)26-20(28-16)13-19(14-22(26)30)17-7-5-4-6-8-17/h4-10,15,19,25,28-29H,11-14H2,1-3H3/t19-,25-/m1/s1. The fraction of sp³-hybridized carbons (Fsp3) is 0.333. The monoisotopic (exact) mass is 463 g/mol. The molecule has 0 amide bonds. The first-order valence-corrected chi connectivity index (χ1v) is 11.3. The second kappa shape index (κ2) is 10.1. The van der Waals surface area contributed by atoms with Crippen molar-refractivity contribution in [2.24, 2.45) is 0 Å². The van der Waals surface area contributed by atoms with Gasteiger partial charge in [-0.1, -0.05) is 36.4 Å². The van der Waals surface area contributed by atoms with Gasteiger partial charge in [-0.15, -0.1) is 0 Å². The van der Waals surface area contributed by atoms with E-state index >= 15 is 0 Å². The summed E-state index contributed by atoms with van der Waals surface area (Å²) in [5.41, 5.74) is 4.16. The Bertz CT molecular complexity index is 1150. The van der Waals surface area contributed by atoms with Crippen LogP contribution in [-0.2, 0) is 19.1 Å². The second-order valence-corrected chi connectivity index (χ2v) is 8.49. The van der Waals surface area contributed by atoms with Gasteiger partial charge in [0.2, 0.25) is 0 Å². The molecule has 2 N–H and O–H groups in total. The number of phenolic OH excluding ortho intramolecular Hbond substituents is 1. The Kier molecular flexibility index (Phi) is 7.03. The van der Waals surface area contributed by atoms with E-state index in [1.807, 2.05) is 37.3 Å². The zero-order valence-electron chi connectivity index (χ0n) is 19.6. The molecule has 0 bridgehead atoms. The van der Waals surface area contributed by atoms with Crippen LogP contribution in [0.25, 0.3) is 0 Å². The first-order valence-electron chi connectivity index (χ1n) is 11.3. The molecule has 1 heterocycles. The normalized spacial score (nSPS) is 20.0. The number of phenols is 1. The van der Waals surface area contributed by atoms with Crippen molar-refractivity contribution in [1.82, 2.24) is 5.32 Å². The summed E-state index contributed by atoms with van der Waals surface area (Å²) < 4.78 is 15.8. The van der Waals surface area contributed by atoms with Gasteiger partial charge in [-0.2, -0.15) is 0 Å². The van der Waals surface area contributed by atoms with E-state index in [1.165, 1.54) is 20.3 Å². The Morgan fingerprint density at radius 1 is 1.06 bits per heavy atom. The average Bonchev–Trinajstić information content (AvgIpc) is 2.84. The van der Waals surface area contributed by atoms with E-state index in [1.54, 1.807) is 12.1 Å². The molecule has 178 valence electrons. The lowest BCUT2D eigenvalue weighted by Gasteiger charge is -2.36. The Morgan fingerprint density at radius 2 is 1.82 bits per heavy atom. The van der Waals surface area contributed by atoms with Crippen LogP contribution >= 0.6 is 0 Å². The Balaban J connectivity index is 1.78. The lowest BCUT2D eigenvalue weighted by Crippen LogP contribution is -2.36. The van der Waals surface area contributed by atoms with Crippen LogP contribution in [0.3, 0.4) is 0 Å². The maximum Gasteiger partial charge on any atom is 0.336 e. The van der Waals surface area contributed by atoms with E-state index < -0.39 is 11.9 Å². The topological polar surface area (TPSA) is 94.1 Å². The highest BCUT2D eigenvalue weighted by Gasteiger charge is 2.41. The fourth-order valence-corrected chi connectivity index (χ4v) is 4.77. The minimum atomic E-state index is -0.634. The van der Waals surface area contributed by atoms with E-state index in [0.717, 1.165) is 11.3 Å². The van der Waals surface area contributed by atoms with Crippen molar-refractivity contribution < 1.29 is 28.9 Å². The molecule has 0 unspecified atom stereocenters. The number of nitrogens with one attached hydrogen (secondary N) is 1. The smallest absolute Gasteiger partial charge is 0.336 e. The van der Waals surface area contributed by atoms with E-state index in [9.17, 15) is 14.7 Å². The van der Waals surface area contributed by atoms with Gasteiger partial charge < -0.3 is 24.6 Å². The summed E-state index contributed by atoms with van der Waals surface area (Å²) in [7, 11) is 3.00. The molecular weight excluding hydrogens is 434 g/mol. The third-order valence-electron chi connectivity index (χ3n) is 6.38. The lowest BCUT2D eigenvalue weighted by atomic mass is 9.71. The number of ether oxygens (including phenoxy) is 3. The van der Waals surface area contributed by atoms with E-state index in [-0.39, 0.29) is 36.4 Å². The fourth-order valence-electron chi connectivity index (χ4n) is 4.77. The Hall–Kier alpha value is -3.58. The van der Waals surface area contributed by atoms with E-state index in [4.69, 9.17) is 14.2 Å². The number of esters is 1. The molecule has 2 aliphatic rings. The molecule has 0 fully saturated rings. The third-order valence-corrected chi connectivity index (χ3v) is 6.38. The van der Waals surface area contributed by atoms with Crippen molar-refractivity contribution in [3.63, 3.8) is 0 Å². The third kappa shape index (κ3) is 4.56. The number of methoxy groups -OCH3 is 2. The van der Waals surface area contributed by atoms with Crippen molar-refractivity contribution in [3.05, 3.63) is 82.2 Å². The van der Waals surface area contributed by atoms with Crippen LogP contribution in [0.2, 0.25) is 0 Å². The molecule has 4 rings (SSSR count). The number of hydrogen-bond acceptors (Lipinski definition) is 7. The first-order chi connectivity index (χ1) is 16.4. The molecule has 0 saturated carbocycles. The van der Waals surface area contributed by atoms with Gasteiger partial charge >= 0.3 is 5.97 Å². The van der Waals surface area contributed by atoms with Gasteiger partial charge in [-0.3, -0.25) is 4.79 Å². The molecule has 0 spiro atoms. The Morgan fingerprint density at radius 3 is 2.53 bits per heavy atom. The molecule has 7 heteroatoms. The van der Waals surface area contributed by atoms with Gasteiger partial charge in [0.05, 0.1) is 19.3 Å². The summed E-state index contributed by atoms with van der Waals surface area (Å²) >= 11 is 0. The quantitative estimate of drug-likeness (QED) is 0.474. The summed E-state index contributed by atoms with van der Waals surface area (Å²) in [5, 5.41) is 13.5. The first kappa shape index (κ1) is 23.6. The number of carbonyl (C=O) groups excluding carboxylic acids is 2. The minimum Gasteiger partial charge on any atom is -0.504 e. The second-order valence-electron chi connectivity index (χ2n) is 8.49. The summed E-state index contributed by atoms with van der Waals surface area (Å²) in [6, 6.07) is 14.9. The maximum atomic E-state index is 13.6. The van der Waals surface area contributed by atoms with Crippen molar-refractivity contribution in [2.45, 2.75) is 31.6 Å². The number of hydrogen-bond donors (Lipinski definition) is 2. The maximum absolute atomic E-state index is 13.6. The van der Waals surface area contributed by atoms with Crippen LogP contribution in [0, 0.1) is 0 Å². The summed E-state index contributed by atoms with van der Waals surface area (Å²) in [4.78, 5) is 26.7. The predicted octanol–water partition coefficient (Wildman–Crippen LogP) is 3.95. The molecule has 34 heavy (non-hydrogen) atoms. The van der Waals surface area contributed by atoms with Gasteiger partial charge in [0, 0.05) is 36.4 Å². The largest absolute Gasteiger partial charge is 0.504 e. The average molecular weight is 464 g/mol. The van der Waals surface area contributed by atoms with Crippen LogP contribution in [0.4, 0.5) is 0 Å². The number of benzene rings is 2. The molecule has 1 aliphatic carbocycles. The number of rotatable bonds is 7. The van der Waals surface area contributed by atoms with Gasteiger partial charge in [0.15, 0.2) is 17.3 Å². The zero-order chi connectivity index (χ0) is 24.2. The van der Waals surface area contributed by atoms with Crippen molar-refractivity contribution in [2.75, 3.05) is 27.4 Å². The molecule has 0 saturated heterocycles. The number of Topliss-reactive ketones (excluding diaryl/α,β-unsaturated/α-hetero) is 1. The predicted molar refractivity (Wildman–Crippen MR) is 127 cm³/mol. The SMILES string of the molecule is COCCOC(=O)C1=C(C)NC2=C(C(=O)C[C@H](c3ccccc3)C2)[C@@H]1c1ccc(O)c(OC)c1. The van der Waals surface area contributed by atoms with Crippen molar-refractivity contribution in [3.8, 4) is 11.5 Å². The number of carbonyl (C=O) groups is 2. The molecule has 0 aromatic heterocycles. The zero-order valence-corrected chi connectivity index (χ0v) is 19.6. The van der Waals surface area contributed by atoms with Gasteiger partial charge in [0.25, 0.3) is 0 Å². The number of allylic oxidation sites excluding steroid dienone is 3. The van der Waals surface area contributed by atoms with Crippen LogP contribution in [0.5, 0.6) is 11.5 Å². The van der Waals surface area contributed by atoms with Crippen molar-refractivity contribution >= 4 is 11.8 Å². The van der Waals surface area contributed by atoms with Gasteiger partial charge in [-0.05, 0) is 42.5 Å². The summed E-state index contributed by atoms with van der Waals surface area (Å²) in [6.45, 7) is 2.19. The number of aromatic hydroxyl groups is 1. The molecule has 2 atom stereocenters. The van der Waals surface area contributed by atoms with Gasteiger partial charge in [-0.25, -0.2) is 4.79 Å². The number of dihydropyridines is 1. The van der Waals surface area contributed by atoms with Crippen molar-refractivity contribution in [1.29, 1.82) is 0 Å².